The molecule has 0 saturated carbocycles. The van der Waals surface area contributed by atoms with Crippen LogP contribution in [0.2, 0.25) is 5.02 Å². The second kappa shape index (κ2) is 8.96. The zero-order valence-corrected chi connectivity index (χ0v) is 18.9. The standard InChI is InChI=1S/C24H21ClN2O3S/c1-14-6-15(2)8-16(7-14)9-20-13-26-24(31-20)27-22(28)5-4-19-11-17-10-18(25)12-21(29-3)23(17)30-19/h4-8,10-13H,9H2,1-3H3,(H,26,27,28). The predicted octanol–water partition coefficient (Wildman–Crippen LogP) is 6.41. The molecule has 5 nitrogen and oxygen atoms in total. The lowest BCUT2D eigenvalue weighted by Crippen LogP contribution is -2.06. The first kappa shape index (κ1) is 21.2. The number of benzene rings is 2. The van der Waals surface area contributed by atoms with E-state index in [-0.39, 0.29) is 5.91 Å². The number of nitrogens with zero attached hydrogens (tertiary/aromatic N) is 1. The average Bonchev–Trinajstić information content (AvgIpc) is 3.31. The molecule has 158 valence electrons. The molecule has 0 atom stereocenters. The second-order valence-electron chi connectivity index (χ2n) is 7.30. The van der Waals surface area contributed by atoms with Crippen LogP contribution in [0, 0.1) is 13.8 Å². The van der Waals surface area contributed by atoms with Gasteiger partial charge >= 0.3 is 0 Å². The molecular formula is C24H21ClN2O3S. The summed E-state index contributed by atoms with van der Waals surface area (Å²) in [5, 5.41) is 4.72. The Hall–Kier alpha value is -3.09. The zero-order valence-electron chi connectivity index (χ0n) is 17.4. The van der Waals surface area contributed by atoms with Crippen LogP contribution in [0.5, 0.6) is 5.75 Å². The summed E-state index contributed by atoms with van der Waals surface area (Å²) in [7, 11) is 1.55. The molecule has 2 heterocycles. The largest absolute Gasteiger partial charge is 0.493 e. The fourth-order valence-electron chi connectivity index (χ4n) is 3.46. The van der Waals surface area contributed by atoms with E-state index in [0.29, 0.717) is 27.2 Å². The van der Waals surface area contributed by atoms with Crippen LogP contribution in [-0.2, 0) is 11.2 Å². The minimum absolute atomic E-state index is 0.280. The molecule has 0 unspecified atom stereocenters. The lowest BCUT2D eigenvalue weighted by atomic mass is 10.0. The molecule has 0 aliphatic rings. The maximum atomic E-state index is 12.3. The fourth-order valence-corrected chi connectivity index (χ4v) is 4.53. The van der Waals surface area contributed by atoms with Crippen LogP contribution >= 0.6 is 22.9 Å². The molecule has 31 heavy (non-hydrogen) atoms. The molecule has 0 aliphatic heterocycles. The predicted molar refractivity (Wildman–Crippen MR) is 126 cm³/mol. The van der Waals surface area contributed by atoms with Crippen molar-refractivity contribution < 1.29 is 13.9 Å². The third-order valence-electron chi connectivity index (χ3n) is 4.63. The maximum absolute atomic E-state index is 12.3. The number of amides is 1. The van der Waals surface area contributed by atoms with Crippen LogP contribution in [0.3, 0.4) is 0 Å². The van der Waals surface area contributed by atoms with Crippen molar-refractivity contribution in [2.24, 2.45) is 0 Å². The molecule has 4 aromatic rings. The van der Waals surface area contributed by atoms with E-state index in [4.69, 9.17) is 20.8 Å². The van der Waals surface area contributed by atoms with E-state index in [1.807, 2.05) is 0 Å². The summed E-state index contributed by atoms with van der Waals surface area (Å²) in [4.78, 5) is 17.7. The summed E-state index contributed by atoms with van der Waals surface area (Å²) >= 11 is 7.56. The molecule has 0 spiro atoms. The van der Waals surface area contributed by atoms with Crippen molar-refractivity contribution in [3.05, 3.63) is 81.0 Å². The Morgan fingerprint density at radius 1 is 1.19 bits per heavy atom. The van der Waals surface area contributed by atoms with Crippen LogP contribution in [0.4, 0.5) is 5.13 Å². The van der Waals surface area contributed by atoms with Gasteiger partial charge in [-0.1, -0.05) is 40.9 Å². The first-order valence-electron chi connectivity index (χ1n) is 9.67. The lowest BCUT2D eigenvalue weighted by Gasteiger charge is -2.03. The van der Waals surface area contributed by atoms with Gasteiger partial charge in [-0.15, -0.1) is 11.3 Å². The number of aromatic nitrogens is 1. The third kappa shape index (κ3) is 5.16. The highest BCUT2D eigenvalue weighted by Crippen LogP contribution is 2.32. The minimum atomic E-state index is -0.280. The fraction of sp³-hybridized carbons (Fsp3) is 0.167. The molecule has 7 heteroatoms. The van der Waals surface area contributed by atoms with E-state index in [0.717, 1.165) is 16.7 Å². The van der Waals surface area contributed by atoms with Crippen LogP contribution in [-0.4, -0.2) is 18.0 Å². The first-order valence-corrected chi connectivity index (χ1v) is 10.9. The highest BCUT2D eigenvalue weighted by molar-refractivity contribution is 7.15. The first-order chi connectivity index (χ1) is 14.9. The van der Waals surface area contributed by atoms with E-state index in [9.17, 15) is 4.79 Å². The topological polar surface area (TPSA) is 64.4 Å². The number of thiazole rings is 1. The number of furan rings is 1. The quantitative estimate of drug-likeness (QED) is 0.343. The SMILES string of the molecule is COc1cc(Cl)cc2cc(C=CC(=O)Nc3ncc(Cc4cc(C)cc(C)c4)s3)oc12. The summed E-state index contributed by atoms with van der Waals surface area (Å²) in [6.07, 6.45) is 5.61. The number of carbonyl (C=O) groups excluding carboxylic acids is 1. The third-order valence-corrected chi connectivity index (χ3v) is 5.76. The minimum Gasteiger partial charge on any atom is -0.493 e. The van der Waals surface area contributed by atoms with Crippen molar-refractivity contribution in [3.8, 4) is 5.75 Å². The normalized spacial score (nSPS) is 11.4. The van der Waals surface area contributed by atoms with Gasteiger partial charge in [0, 0.05) is 40.0 Å². The highest BCUT2D eigenvalue weighted by Gasteiger charge is 2.10. The summed E-state index contributed by atoms with van der Waals surface area (Å²) in [6.45, 7) is 4.18. The molecule has 4 rings (SSSR count). The summed E-state index contributed by atoms with van der Waals surface area (Å²) in [5.74, 6) is 0.795. The van der Waals surface area contributed by atoms with Gasteiger partial charge < -0.3 is 9.15 Å². The van der Waals surface area contributed by atoms with Crippen molar-refractivity contribution in [3.63, 3.8) is 0 Å². The smallest absolute Gasteiger partial charge is 0.250 e. The Balaban J connectivity index is 1.42. The second-order valence-corrected chi connectivity index (χ2v) is 8.85. The Kier molecular flexibility index (Phi) is 6.11. The number of nitrogens with one attached hydrogen (secondary N) is 1. The molecule has 2 aromatic carbocycles. The zero-order chi connectivity index (χ0) is 22.0. The van der Waals surface area contributed by atoms with E-state index in [1.54, 1.807) is 37.6 Å². The molecule has 0 saturated heterocycles. The number of anilines is 1. The van der Waals surface area contributed by atoms with Gasteiger partial charge in [0.25, 0.3) is 0 Å². The van der Waals surface area contributed by atoms with Gasteiger partial charge in [-0.3, -0.25) is 10.1 Å². The van der Waals surface area contributed by atoms with E-state index in [2.05, 4.69) is 42.3 Å². The van der Waals surface area contributed by atoms with Gasteiger partial charge in [0.15, 0.2) is 16.5 Å². The van der Waals surface area contributed by atoms with E-state index in [1.165, 1.54) is 34.1 Å². The Labute approximate surface area is 189 Å². The van der Waals surface area contributed by atoms with Crippen LogP contribution in [0.1, 0.15) is 27.3 Å². The molecule has 0 aliphatic carbocycles. The number of hydrogen-bond donors (Lipinski definition) is 1. The van der Waals surface area contributed by atoms with Crippen LogP contribution in [0.25, 0.3) is 17.0 Å². The van der Waals surface area contributed by atoms with Gasteiger partial charge in [0.1, 0.15) is 5.76 Å². The number of hydrogen-bond acceptors (Lipinski definition) is 5. The van der Waals surface area contributed by atoms with E-state index >= 15 is 0 Å². The molecule has 1 N–H and O–H groups in total. The average molecular weight is 453 g/mol. The Morgan fingerprint density at radius 3 is 2.71 bits per heavy atom. The number of rotatable bonds is 6. The van der Waals surface area contributed by atoms with Gasteiger partial charge in [-0.2, -0.15) is 0 Å². The Bertz CT molecular complexity index is 1270. The molecular weight excluding hydrogens is 432 g/mol. The molecule has 0 radical (unpaired) electrons. The number of halogens is 1. The van der Waals surface area contributed by atoms with E-state index < -0.39 is 0 Å². The van der Waals surface area contributed by atoms with Gasteiger partial charge in [-0.05, 0) is 37.6 Å². The molecule has 2 aromatic heterocycles. The van der Waals surface area contributed by atoms with Crippen molar-refractivity contribution in [2.45, 2.75) is 20.3 Å². The van der Waals surface area contributed by atoms with Crippen LogP contribution < -0.4 is 10.1 Å². The molecule has 0 fully saturated rings. The number of methoxy groups -OCH3 is 1. The summed E-state index contributed by atoms with van der Waals surface area (Å²) in [5.41, 5.74) is 4.30. The monoisotopic (exact) mass is 452 g/mol. The highest BCUT2D eigenvalue weighted by atomic mass is 35.5. The maximum Gasteiger partial charge on any atom is 0.250 e. The summed E-state index contributed by atoms with van der Waals surface area (Å²) in [6, 6.07) is 11.8. The molecule has 0 bridgehead atoms. The van der Waals surface area contributed by atoms with Crippen molar-refractivity contribution in [1.29, 1.82) is 0 Å². The number of carbonyl (C=O) groups is 1. The van der Waals surface area contributed by atoms with Gasteiger partial charge in [-0.25, -0.2) is 4.98 Å². The number of aryl methyl sites for hydroxylation is 2. The Morgan fingerprint density at radius 2 is 1.97 bits per heavy atom. The summed E-state index contributed by atoms with van der Waals surface area (Å²) < 4.78 is 11.1. The van der Waals surface area contributed by atoms with Crippen molar-refractivity contribution in [2.75, 3.05) is 12.4 Å². The van der Waals surface area contributed by atoms with Crippen molar-refractivity contribution in [1.82, 2.24) is 4.98 Å². The number of ether oxygens (including phenoxy) is 1. The van der Waals surface area contributed by atoms with Gasteiger partial charge in [0.05, 0.1) is 7.11 Å². The van der Waals surface area contributed by atoms with Crippen molar-refractivity contribution >= 4 is 51.0 Å². The lowest BCUT2D eigenvalue weighted by molar-refractivity contribution is -0.111. The number of fused-ring (bicyclic) bond motifs is 1. The van der Waals surface area contributed by atoms with Crippen LogP contribution in [0.15, 0.2) is 53.1 Å². The molecule has 1 amide bonds. The van der Waals surface area contributed by atoms with Gasteiger partial charge in [0.2, 0.25) is 5.91 Å².